The molecule has 0 aromatic heterocycles. The minimum atomic E-state index is -0.695. The predicted octanol–water partition coefficient (Wildman–Crippen LogP) is 4.40. The molecule has 8 heteroatoms. The molecule has 1 aliphatic rings. The van der Waals surface area contributed by atoms with Gasteiger partial charge in [-0.1, -0.05) is 36.4 Å². The molecule has 0 bridgehead atoms. The van der Waals surface area contributed by atoms with E-state index in [1.54, 1.807) is 24.3 Å². The molecule has 3 aromatic carbocycles. The Bertz CT molecular complexity index is 1160. The first-order chi connectivity index (χ1) is 16.5. The molecule has 1 fully saturated rings. The number of rotatable bonds is 8. The highest BCUT2D eigenvalue weighted by Crippen LogP contribution is 2.29. The number of halogens is 1. The molecular formula is C26H25ClN2O5. The monoisotopic (exact) mass is 480 g/mol. The van der Waals surface area contributed by atoms with Crippen LogP contribution in [0.1, 0.15) is 20.7 Å². The molecule has 1 saturated heterocycles. The van der Waals surface area contributed by atoms with Crippen LogP contribution in [0.3, 0.4) is 0 Å². The van der Waals surface area contributed by atoms with E-state index >= 15 is 0 Å². The van der Waals surface area contributed by atoms with E-state index in [0.29, 0.717) is 25.6 Å². The van der Waals surface area contributed by atoms with Gasteiger partial charge >= 0.3 is 0 Å². The Morgan fingerprint density at radius 1 is 0.971 bits per heavy atom. The summed E-state index contributed by atoms with van der Waals surface area (Å²) in [5.74, 6) is -0.320. The largest absolute Gasteiger partial charge is 0.507 e. The molecule has 34 heavy (non-hydrogen) atoms. The number of nitrogens with zero attached hydrogens (tertiary/aromatic N) is 1. The number of benzene rings is 3. The lowest BCUT2D eigenvalue weighted by Gasteiger charge is -2.26. The number of phenolic OH excluding ortho intramolecular Hbond substituents is 1. The molecule has 0 unspecified atom stereocenters. The Morgan fingerprint density at radius 2 is 1.74 bits per heavy atom. The molecule has 4 rings (SSSR count). The third kappa shape index (κ3) is 5.94. The third-order valence-corrected chi connectivity index (χ3v) is 5.78. The number of carbonyl (C=O) groups is 2. The second kappa shape index (κ2) is 11.2. The van der Waals surface area contributed by atoms with Crippen LogP contribution in [0.5, 0.6) is 11.5 Å². The number of hydrogen-bond donors (Lipinski definition) is 2. The first-order valence-electron chi connectivity index (χ1n) is 11.0. The minimum Gasteiger partial charge on any atom is -0.507 e. The number of aromatic hydroxyl groups is 1. The molecule has 0 spiro atoms. The zero-order valence-corrected chi connectivity index (χ0v) is 19.3. The number of amides is 1. The lowest BCUT2D eigenvalue weighted by molar-refractivity contribution is 0.0322. The van der Waals surface area contributed by atoms with Crippen molar-refractivity contribution >= 4 is 28.4 Å². The fourth-order valence-corrected chi connectivity index (χ4v) is 3.89. The smallest absolute Gasteiger partial charge is 0.259 e. The molecule has 0 atom stereocenters. The highest BCUT2D eigenvalue weighted by atomic mass is 35.5. The quantitative estimate of drug-likeness (QED) is 0.464. The van der Waals surface area contributed by atoms with Gasteiger partial charge in [0, 0.05) is 19.6 Å². The van der Waals surface area contributed by atoms with Gasteiger partial charge in [0.05, 0.1) is 30.0 Å². The molecule has 1 amide bonds. The van der Waals surface area contributed by atoms with E-state index in [0.717, 1.165) is 30.8 Å². The summed E-state index contributed by atoms with van der Waals surface area (Å²) >= 11 is 5.74. The highest BCUT2D eigenvalue weighted by molar-refractivity contribution is 6.68. The van der Waals surface area contributed by atoms with Crippen molar-refractivity contribution in [3.63, 3.8) is 0 Å². The van der Waals surface area contributed by atoms with E-state index in [1.807, 2.05) is 30.3 Å². The van der Waals surface area contributed by atoms with E-state index in [4.69, 9.17) is 21.1 Å². The number of nitrogens with one attached hydrogen (secondary N) is 1. The molecule has 1 aliphatic heterocycles. The Balaban J connectivity index is 1.50. The summed E-state index contributed by atoms with van der Waals surface area (Å²) in [6.07, 6.45) is 0. The fourth-order valence-electron chi connectivity index (χ4n) is 3.72. The van der Waals surface area contributed by atoms with Gasteiger partial charge in [-0.15, -0.1) is 0 Å². The summed E-state index contributed by atoms with van der Waals surface area (Å²) in [5.41, 5.74) is 2.17. The Hall–Kier alpha value is -3.39. The second-order valence-corrected chi connectivity index (χ2v) is 8.18. The average Bonchev–Trinajstić information content (AvgIpc) is 2.86. The molecule has 3 aromatic rings. The Morgan fingerprint density at radius 3 is 2.47 bits per heavy atom. The maximum atomic E-state index is 13.0. The molecular weight excluding hydrogens is 456 g/mol. The summed E-state index contributed by atoms with van der Waals surface area (Å²) in [4.78, 5) is 27.2. The number of carbonyl (C=O) groups excluding carboxylic acids is 2. The lowest BCUT2D eigenvalue weighted by Crippen LogP contribution is -2.38. The SMILES string of the molecule is O=C(Nc1cc(-c2ccccc2)ccc1C(=O)Cl)c1cc(OCCN2CCOCC2)ccc1O. The van der Waals surface area contributed by atoms with Crippen LogP contribution < -0.4 is 10.1 Å². The lowest BCUT2D eigenvalue weighted by atomic mass is 10.0. The van der Waals surface area contributed by atoms with Crippen LogP contribution in [0, 0.1) is 0 Å². The van der Waals surface area contributed by atoms with Gasteiger partial charge in [-0.3, -0.25) is 14.5 Å². The number of phenols is 1. The van der Waals surface area contributed by atoms with Gasteiger partial charge in [0.25, 0.3) is 11.1 Å². The topological polar surface area (TPSA) is 88.1 Å². The van der Waals surface area contributed by atoms with Gasteiger partial charge in [0.2, 0.25) is 0 Å². The molecule has 0 radical (unpaired) electrons. The number of hydrogen-bond acceptors (Lipinski definition) is 6. The average molecular weight is 481 g/mol. The van der Waals surface area contributed by atoms with Crippen LogP contribution >= 0.6 is 11.6 Å². The van der Waals surface area contributed by atoms with Crippen LogP contribution in [0.4, 0.5) is 5.69 Å². The maximum absolute atomic E-state index is 13.0. The molecule has 0 aliphatic carbocycles. The Kier molecular flexibility index (Phi) is 7.80. The summed E-state index contributed by atoms with van der Waals surface area (Å²) in [6, 6.07) is 19.1. The molecule has 2 N–H and O–H groups in total. The minimum absolute atomic E-state index is 0.0296. The van der Waals surface area contributed by atoms with Crippen molar-refractivity contribution in [2.45, 2.75) is 0 Å². The van der Waals surface area contributed by atoms with Crippen molar-refractivity contribution in [2.75, 3.05) is 44.8 Å². The molecule has 0 saturated carbocycles. The van der Waals surface area contributed by atoms with Gasteiger partial charge in [-0.25, -0.2) is 0 Å². The second-order valence-electron chi connectivity index (χ2n) is 7.84. The third-order valence-electron chi connectivity index (χ3n) is 5.58. The highest BCUT2D eigenvalue weighted by Gasteiger charge is 2.18. The molecule has 176 valence electrons. The first-order valence-corrected chi connectivity index (χ1v) is 11.4. The predicted molar refractivity (Wildman–Crippen MR) is 131 cm³/mol. The van der Waals surface area contributed by atoms with E-state index < -0.39 is 11.1 Å². The first kappa shape index (κ1) is 23.8. The summed E-state index contributed by atoms with van der Waals surface area (Å²) in [6.45, 7) is 4.31. The standard InChI is InChI=1S/C26H25ClN2O5/c27-25(31)21-8-6-19(18-4-2-1-3-5-18)16-23(21)28-26(32)22-17-20(7-9-24(22)30)34-15-12-29-10-13-33-14-11-29/h1-9,16-17,30H,10-15H2,(H,28,32). The molecule has 7 nitrogen and oxygen atoms in total. The summed E-state index contributed by atoms with van der Waals surface area (Å²) in [5, 5.41) is 12.3. The van der Waals surface area contributed by atoms with Gasteiger partial charge in [0.1, 0.15) is 18.1 Å². The van der Waals surface area contributed by atoms with E-state index in [2.05, 4.69) is 10.2 Å². The number of anilines is 1. The van der Waals surface area contributed by atoms with Gasteiger partial charge < -0.3 is 19.9 Å². The van der Waals surface area contributed by atoms with Crippen molar-refractivity contribution < 1.29 is 24.2 Å². The maximum Gasteiger partial charge on any atom is 0.259 e. The Labute approximate surface area is 202 Å². The van der Waals surface area contributed by atoms with Crippen LogP contribution in [-0.4, -0.2) is 60.6 Å². The summed E-state index contributed by atoms with van der Waals surface area (Å²) < 4.78 is 11.1. The van der Waals surface area contributed by atoms with Gasteiger partial charge in [0.15, 0.2) is 0 Å². The van der Waals surface area contributed by atoms with Crippen molar-refractivity contribution in [3.8, 4) is 22.6 Å². The number of morpholine rings is 1. The summed E-state index contributed by atoms with van der Waals surface area (Å²) in [7, 11) is 0. The van der Waals surface area contributed by atoms with E-state index in [-0.39, 0.29) is 22.6 Å². The van der Waals surface area contributed by atoms with Crippen LogP contribution in [-0.2, 0) is 4.74 Å². The molecule has 1 heterocycles. The van der Waals surface area contributed by atoms with Crippen molar-refractivity contribution in [3.05, 3.63) is 77.9 Å². The van der Waals surface area contributed by atoms with E-state index in [1.165, 1.54) is 12.1 Å². The fraction of sp³-hybridized carbons (Fsp3) is 0.231. The van der Waals surface area contributed by atoms with Crippen LogP contribution in [0.2, 0.25) is 0 Å². The normalized spacial score (nSPS) is 13.9. The van der Waals surface area contributed by atoms with Crippen LogP contribution in [0.15, 0.2) is 66.7 Å². The van der Waals surface area contributed by atoms with Crippen molar-refractivity contribution in [2.24, 2.45) is 0 Å². The zero-order chi connectivity index (χ0) is 23.9. The van der Waals surface area contributed by atoms with Crippen molar-refractivity contribution in [1.29, 1.82) is 0 Å². The number of ether oxygens (including phenoxy) is 2. The van der Waals surface area contributed by atoms with Crippen LogP contribution in [0.25, 0.3) is 11.1 Å². The van der Waals surface area contributed by atoms with Gasteiger partial charge in [-0.05, 0) is 53.1 Å². The van der Waals surface area contributed by atoms with Gasteiger partial charge in [-0.2, -0.15) is 0 Å². The van der Waals surface area contributed by atoms with Crippen molar-refractivity contribution in [1.82, 2.24) is 4.90 Å². The zero-order valence-electron chi connectivity index (χ0n) is 18.5. The van der Waals surface area contributed by atoms with E-state index in [9.17, 15) is 14.7 Å².